The first kappa shape index (κ1) is 20.2. The van der Waals surface area contributed by atoms with Gasteiger partial charge >= 0.3 is 5.97 Å². The molecule has 0 heterocycles. The van der Waals surface area contributed by atoms with Gasteiger partial charge in [0.2, 0.25) is 0 Å². The Morgan fingerprint density at radius 3 is 2.52 bits per heavy atom. The van der Waals surface area contributed by atoms with Crippen LogP contribution in [0.25, 0.3) is 0 Å². The van der Waals surface area contributed by atoms with E-state index >= 15 is 0 Å². The van der Waals surface area contributed by atoms with Crippen LogP contribution in [0.15, 0.2) is 53.4 Å². The van der Waals surface area contributed by atoms with Crippen molar-refractivity contribution in [1.29, 1.82) is 0 Å². The van der Waals surface area contributed by atoms with E-state index in [0.717, 1.165) is 10.4 Å². The molecule has 0 aliphatic rings. The molecule has 0 fully saturated rings. The molecule has 0 unspecified atom stereocenters. The summed E-state index contributed by atoms with van der Waals surface area (Å²) in [6, 6.07) is 10.8. The normalized spacial score (nSPS) is 10.9. The van der Waals surface area contributed by atoms with Crippen molar-refractivity contribution in [3.8, 4) is 5.75 Å². The van der Waals surface area contributed by atoms with Gasteiger partial charge in [-0.1, -0.05) is 18.2 Å². The summed E-state index contributed by atoms with van der Waals surface area (Å²) >= 11 is 0. The predicted molar refractivity (Wildman–Crippen MR) is 97.3 cm³/mol. The van der Waals surface area contributed by atoms with Crippen LogP contribution in [0.3, 0.4) is 0 Å². The van der Waals surface area contributed by atoms with Gasteiger partial charge in [-0.15, -0.1) is 0 Å². The fraction of sp³-hybridized carbons (Fsp3) is 0.235. The largest absolute Gasteiger partial charge is 0.495 e. The average molecular weight is 394 g/mol. The summed E-state index contributed by atoms with van der Waals surface area (Å²) in [6.07, 6.45) is 0. The number of rotatable bonds is 8. The highest BCUT2D eigenvalue weighted by molar-refractivity contribution is 7.92. The van der Waals surface area contributed by atoms with Gasteiger partial charge < -0.3 is 9.47 Å². The van der Waals surface area contributed by atoms with Crippen molar-refractivity contribution in [2.24, 2.45) is 0 Å². The summed E-state index contributed by atoms with van der Waals surface area (Å²) in [6.45, 7) is 1.06. The zero-order chi connectivity index (χ0) is 20.0. The first-order valence-electron chi connectivity index (χ1n) is 7.87. The topological polar surface area (TPSA) is 116 Å². The van der Waals surface area contributed by atoms with Gasteiger partial charge in [0.05, 0.1) is 29.2 Å². The van der Waals surface area contributed by atoms with E-state index in [4.69, 9.17) is 9.47 Å². The zero-order valence-electron chi connectivity index (χ0n) is 14.7. The number of non-ortho nitro benzene ring substituents is 1. The van der Waals surface area contributed by atoms with Crippen LogP contribution < -0.4 is 9.04 Å². The molecule has 2 aromatic carbocycles. The van der Waals surface area contributed by atoms with E-state index in [1.165, 1.54) is 37.4 Å². The van der Waals surface area contributed by atoms with Crippen molar-refractivity contribution in [3.05, 3.63) is 58.6 Å². The van der Waals surface area contributed by atoms with E-state index in [-0.39, 0.29) is 28.6 Å². The number of hydrogen-bond donors (Lipinski definition) is 0. The monoisotopic (exact) mass is 394 g/mol. The van der Waals surface area contributed by atoms with Gasteiger partial charge in [0.25, 0.3) is 15.7 Å². The third-order valence-corrected chi connectivity index (χ3v) is 5.30. The molecule has 0 bridgehead atoms. The Morgan fingerprint density at radius 2 is 1.89 bits per heavy atom. The molecule has 10 heteroatoms. The maximum atomic E-state index is 13.2. The summed E-state index contributed by atoms with van der Waals surface area (Å²) < 4.78 is 37.2. The highest BCUT2D eigenvalue weighted by atomic mass is 32.2. The van der Waals surface area contributed by atoms with Crippen LogP contribution in [0, 0.1) is 10.1 Å². The molecule has 0 atom stereocenters. The maximum absolute atomic E-state index is 13.2. The molecule has 27 heavy (non-hydrogen) atoms. The number of sulfonamides is 1. The molecule has 0 aliphatic carbocycles. The Balaban J connectivity index is 2.59. The average Bonchev–Trinajstić information content (AvgIpc) is 2.66. The molecule has 144 valence electrons. The standard InChI is InChI=1S/C17H18N2O7S/c1-3-26-17(20)12-18(15-9-4-5-10-16(15)25-2)27(23,24)14-8-6-7-13(11-14)19(21)22/h4-11H,3,12H2,1-2H3. The van der Waals surface area contributed by atoms with Gasteiger partial charge in [0, 0.05) is 12.1 Å². The van der Waals surface area contributed by atoms with Gasteiger partial charge in [-0.3, -0.25) is 19.2 Å². The lowest BCUT2D eigenvalue weighted by Gasteiger charge is -2.25. The quantitative estimate of drug-likeness (QED) is 0.383. The molecule has 2 rings (SSSR count). The third-order valence-electron chi connectivity index (χ3n) is 3.55. The second kappa shape index (κ2) is 8.49. The van der Waals surface area contributed by atoms with E-state index in [1.54, 1.807) is 19.1 Å². The summed E-state index contributed by atoms with van der Waals surface area (Å²) in [5, 5.41) is 11.0. The Kier molecular flexibility index (Phi) is 6.35. The molecular formula is C17H18N2O7S. The second-order valence-corrected chi connectivity index (χ2v) is 7.11. The van der Waals surface area contributed by atoms with Crippen molar-refractivity contribution in [1.82, 2.24) is 0 Å². The number of methoxy groups -OCH3 is 1. The molecule has 0 spiro atoms. The van der Waals surface area contributed by atoms with Crippen molar-refractivity contribution in [2.75, 3.05) is 24.6 Å². The number of benzene rings is 2. The lowest BCUT2D eigenvalue weighted by atomic mass is 10.3. The van der Waals surface area contributed by atoms with E-state index in [9.17, 15) is 23.3 Å². The van der Waals surface area contributed by atoms with Crippen molar-refractivity contribution >= 4 is 27.4 Å². The van der Waals surface area contributed by atoms with Crippen LogP contribution in [-0.4, -0.2) is 39.6 Å². The van der Waals surface area contributed by atoms with Crippen LogP contribution in [0.1, 0.15) is 6.92 Å². The van der Waals surface area contributed by atoms with E-state index in [1.807, 2.05) is 0 Å². The highest BCUT2D eigenvalue weighted by Crippen LogP contribution is 2.32. The number of anilines is 1. The van der Waals surface area contributed by atoms with Crippen LogP contribution >= 0.6 is 0 Å². The van der Waals surface area contributed by atoms with Crippen molar-refractivity contribution < 1.29 is 27.6 Å². The van der Waals surface area contributed by atoms with E-state index in [0.29, 0.717) is 0 Å². The van der Waals surface area contributed by atoms with Crippen LogP contribution in [0.5, 0.6) is 5.75 Å². The van der Waals surface area contributed by atoms with Crippen molar-refractivity contribution in [3.63, 3.8) is 0 Å². The molecule has 0 saturated heterocycles. The molecular weight excluding hydrogens is 376 g/mol. The molecule has 9 nitrogen and oxygen atoms in total. The number of nitrogens with zero attached hydrogens (tertiary/aromatic N) is 2. The van der Waals surface area contributed by atoms with Crippen LogP contribution in [0.2, 0.25) is 0 Å². The zero-order valence-corrected chi connectivity index (χ0v) is 15.5. The summed E-state index contributed by atoms with van der Waals surface area (Å²) in [7, 11) is -2.95. The fourth-order valence-electron chi connectivity index (χ4n) is 2.34. The lowest BCUT2D eigenvalue weighted by Crippen LogP contribution is -2.36. The summed E-state index contributed by atoms with van der Waals surface area (Å²) in [5.74, 6) is -0.548. The number of esters is 1. The van der Waals surface area contributed by atoms with E-state index < -0.39 is 27.5 Å². The number of ether oxygens (including phenoxy) is 2. The highest BCUT2D eigenvalue weighted by Gasteiger charge is 2.30. The van der Waals surface area contributed by atoms with Crippen molar-refractivity contribution in [2.45, 2.75) is 11.8 Å². The third kappa shape index (κ3) is 4.53. The van der Waals surface area contributed by atoms with Gasteiger partial charge in [0.1, 0.15) is 12.3 Å². The molecule has 0 N–H and O–H groups in total. The van der Waals surface area contributed by atoms with Gasteiger partial charge in [-0.2, -0.15) is 0 Å². The summed E-state index contributed by atoms with van der Waals surface area (Å²) in [4.78, 5) is 22.0. The second-order valence-electron chi connectivity index (χ2n) is 5.24. The Hall–Kier alpha value is -3.14. The number of para-hydroxylation sites is 2. The molecule has 0 aromatic heterocycles. The predicted octanol–water partition coefficient (Wildman–Crippen LogP) is 2.36. The van der Waals surface area contributed by atoms with Crippen LogP contribution in [-0.2, 0) is 19.6 Å². The first-order valence-corrected chi connectivity index (χ1v) is 9.31. The SMILES string of the molecule is CCOC(=O)CN(c1ccccc1OC)S(=O)(=O)c1cccc([N+](=O)[O-])c1. The lowest BCUT2D eigenvalue weighted by molar-refractivity contribution is -0.385. The van der Waals surface area contributed by atoms with E-state index in [2.05, 4.69) is 0 Å². The number of nitro benzene ring substituents is 1. The summed E-state index contributed by atoms with van der Waals surface area (Å²) in [5.41, 5.74) is -0.272. The van der Waals surface area contributed by atoms with Crippen LogP contribution in [0.4, 0.5) is 11.4 Å². The Morgan fingerprint density at radius 1 is 1.19 bits per heavy atom. The number of carbonyl (C=O) groups excluding carboxylic acids is 1. The Bertz CT molecular complexity index is 944. The maximum Gasteiger partial charge on any atom is 0.326 e. The molecule has 0 radical (unpaired) electrons. The molecule has 0 amide bonds. The fourth-order valence-corrected chi connectivity index (χ4v) is 3.80. The van der Waals surface area contributed by atoms with Gasteiger partial charge in [0.15, 0.2) is 0 Å². The number of carbonyl (C=O) groups is 1. The Labute approximate surface area is 156 Å². The van der Waals surface area contributed by atoms with Gasteiger partial charge in [-0.05, 0) is 25.1 Å². The smallest absolute Gasteiger partial charge is 0.326 e. The minimum atomic E-state index is -4.31. The molecule has 2 aromatic rings. The van der Waals surface area contributed by atoms with Gasteiger partial charge in [-0.25, -0.2) is 8.42 Å². The number of hydrogen-bond acceptors (Lipinski definition) is 7. The first-order chi connectivity index (χ1) is 12.8. The minimum Gasteiger partial charge on any atom is -0.495 e. The molecule has 0 saturated carbocycles. The number of nitro groups is 1. The molecule has 0 aliphatic heterocycles. The minimum absolute atomic E-state index is 0.0788.